The Balaban J connectivity index is 1.91. The van der Waals surface area contributed by atoms with E-state index in [9.17, 15) is 14.4 Å². The molecule has 0 amide bonds. The van der Waals surface area contributed by atoms with Gasteiger partial charge in [0.2, 0.25) is 0 Å². The Morgan fingerprint density at radius 3 is 2.44 bits per heavy atom. The molecule has 1 N–H and O–H groups in total. The molecule has 0 saturated carbocycles. The number of esters is 1. The van der Waals surface area contributed by atoms with Gasteiger partial charge >= 0.3 is 12.1 Å². The number of hydrogen-bond acceptors (Lipinski definition) is 8. The molecule has 8 nitrogen and oxygen atoms in total. The van der Waals surface area contributed by atoms with E-state index in [1.54, 1.807) is 19.3 Å². The lowest BCUT2D eigenvalue weighted by Gasteiger charge is -2.29. The SMILES string of the molecule is CCOC(=O)OC1=C(COC(C)=O)NC=C(C(C)=O)C1c1cccc2ncc(-c3ccccc3)cc12. The van der Waals surface area contributed by atoms with Crippen LogP contribution in [0.5, 0.6) is 0 Å². The van der Waals surface area contributed by atoms with Crippen molar-refractivity contribution in [1.29, 1.82) is 0 Å². The lowest BCUT2D eigenvalue weighted by Crippen LogP contribution is -2.29. The molecule has 184 valence electrons. The van der Waals surface area contributed by atoms with E-state index in [1.807, 2.05) is 54.6 Å². The molecule has 4 rings (SSSR count). The maximum atomic E-state index is 12.7. The maximum Gasteiger partial charge on any atom is 0.513 e. The van der Waals surface area contributed by atoms with Gasteiger partial charge in [0.25, 0.3) is 0 Å². The molecule has 1 aliphatic heterocycles. The fraction of sp³-hybridized carbons (Fsp3) is 0.214. The highest BCUT2D eigenvalue weighted by atomic mass is 16.7. The number of ether oxygens (including phenoxy) is 3. The number of carbonyl (C=O) groups excluding carboxylic acids is 3. The molecule has 1 aliphatic rings. The molecule has 0 saturated heterocycles. The van der Waals surface area contributed by atoms with Gasteiger partial charge in [0.1, 0.15) is 12.4 Å². The Morgan fingerprint density at radius 2 is 1.75 bits per heavy atom. The molecule has 0 bridgehead atoms. The van der Waals surface area contributed by atoms with Gasteiger partial charge in [0, 0.05) is 35.8 Å². The average Bonchev–Trinajstić information content (AvgIpc) is 2.87. The number of ketones is 1. The van der Waals surface area contributed by atoms with Crippen molar-refractivity contribution >= 4 is 28.8 Å². The average molecular weight is 487 g/mol. The number of dihydropyridines is 1. The van der Waals surface area contributed by atoms with Crippen molar-refractivity contribution in [3.8, 4) is 11.1 Å². The summed E-state index contributed by atoms with van der Waals surface area (Å²) in [6.45, 7) is 4.32. The van der Waals surface area contributed by atoms with Crippen LogP contribution >= 0.6 is 0 Å². The third-order valence-electron chi connectivity index (χ3n) is 5.73. The van der Waals surface area contributed by atoms with E-state index in [0.29, 0.717) is 22.4 Å². The number of aromatic nitrogens is 1. The number of hydrogen-bond donors (Lipinski definition) is 1. The second kappa shape index (κ2) is 10.9. The fourth-order valence-corrected chi connectivity index (χ4v) is 4.10. The highest BCUT2D eigenvalue weighted by Crippen LogP contribution is 2.40. The first-order chi connectivity index (χ1) is 17.4. The summed E-state index contributed by atoms with van der Waals surface area (Å²) in [5.74, 6) is -1.36. The number of pyridine rings is 1. The summed E-state index contributed by atoms with van der Waals surface area (Å²) in [4.78, 5) is 41.3. The zero-order valence-electron chi connectivity index (χ0n) is 20.2. The molecule has 1 atom stereocenters. The summed E-state index contributed by atoms with van der Waals surface area (Å²) in [7, 11) is 0. The maximum absolute atomic E-state index is 12.7. The van der Waals surface area contributed by atoms with Gasteiger partial charge in [-0.05, 0) is 37.1 Å². The predicted molar refractivity (Wildman–Crippen MR) is 134 cm³/mol. The predicted octanol–water partition coefficient (Wildman–Crippen LogP) is 5.01. The van der Waals surface area contributed by atoms with Gasteiger partial charge in [0.15, 0.2) is 5.78 Å². The molecular formula is C28H26N2O6. The number of rotatable bonds is 7. The normalized spacial score (nSPS) is 15.1. The number of nitrogens with zero attached hydrogens (tertiary/aromatic N) is 1. The van der Waals surface area contributed by atoms with Crippen molar-refractivity contribution in [2.45, 2.75) is 26.7 Å². The van der Waals surface area contributed by atoms with Crippen LogP contribution in [0.15, 0.2) is 84.0 Å². The van der Waals surface area contributed by atoms with Crippen molar-refractivity contribution in [2.75, 3.05) is 13.2 Å². The molecule has 2 aromatic carbocycles. The van der Waals surface area contributed by atoms with Crippen molar-refractivity contribution in [3.63, 3.8) is 0 Å². The zero-order chi connectivity index (χ0) is 25.7. The van der Waals surface area contributed by atoms with Crippen LogP contribution in [0.1, 0.15) is 32.3 Å². The van der Waals surface area contributed by atoms with Gasteiger partial charge in [-0.3, -0.25) is 14.6 Å². The summed E-state index contributed by atoms with van der Waals surface area (Å²) >= 11 is 0. The quantitative estimate of drug-likeness (QED) is 0.465. The Hall–Kier alpha value is -4.46. The number of fused-ring (bicyclic) bond motifs is 1. The molecule has 0 radical (unpaired) electrons. The molecule has 0 fully saturated rings. The number of carbonyl (C=O) groups is 3. The standard InChI is InChI=1S/C28H26N2O6/c1-4-34-28(33)36-27-25(16-35-18(3)32)30-15-23(17(2)31)26(27)21-11-8-12-24-22(21)13-20(14-29-24)19-9-6-5-7-10-19/h5-15,26,30H,4,16H2,1-3H3. The monoisotopic (exact) mass is 486 g/mol. The van der Waals surface area contributed by atoms with E-state index in [1.165, 1.54) is 13.8 Å². The van der Waals surface area contributed by atoms with Crippen molar-refractivity contribution in [1.82, 2.24) is 10.3 Å². The number of allylic oxidation sites excluding steroid dienone is 1. The minimum absolute atomic E-state index is 0.109. The summed E-state index contributed by atoms with van der Waals surface area (Å²) in [6, 6.07) is 17.4. The van der Waals surface area contributed by atoms with Crippen LogP contribution in [0.25, 0.3) is 22.0 Å². The third kappa shape index (κ3) is 5.27. The van der Waals surface area contributed by atoms with E-state index in [0.717, 1.165) is 16.5 Å². The van der Waals surface area contributed by atoms with Gasteiger partial charge in [-0.2, -0.15) is 0 Å². The third-order valence-corrected chi connectivity index (χ3v) is 5.73. The van der Waals surface area contributed by atoms with Crippen LogP contribution in [0.3, 0.4) is 0 Å². The van der Waals surface area contributed by atoms with E-state index in [4.69, 9.17) is 14.2 Å². The van der Waals surface area contributed by atoms with E-state index in [-0.39, 0.29) is 24.8 Å². The molecule has 0 aliphatic carbocycles. The summed E-state index contributed by atoms with van der Waals surface area (Å²) < 4.78 is 15.8. The molecule has 36 heavy (non-hydrogen) atoms. The summed E-state index contributed by atoms with van der Waals surface area (Å²) in [5, 5.41) is 3.75. The van der Waals surface area contributed by atoms with Crippen LogP contribution in [0.2, 0.25) is 0 Å². The fourth-order valence-electron chi connectivity index (χ4n) is 4.10. The van der Waals surface area contributed by atoms with Crippen molar-refractivity contribution in [2.24, 2.45) is 0 Å². The van der Waals surface area contributed by atoms with Crippen molar-refractivity contribution in [3.05, 3.63) is 89.6 Å². The zero-order valence-corrected chi connectivity index (χ0v) is 20.2. The summed E-state index contributed by atoms with van der Waals surface area (Å²) in [5.41, 5.74) is 4.01. The number of nitrogens with one attached hydrogen (secondary N) is 1. The molecule has 1 unspecified atom stereocenters. The minimum Gasteiger partial charge on any atom is -0.459 e. The van der Waals surface area contributed by atoms with Crippen LogP contribution < -0.4 is 5.32 Å². The van der Waals surface area contributed by atoms with Crippen LogP contribution in [0.4, 0.5) is 4.79 Å². The molecular weight excluding hydrogens is 460 g/mol. The van der Waals surface area contributed by atoms with Crippen molar-refractivity contribution < 1.29 is 28.6 Å². The van der Waals surface area contributed by atoms with E-state index in [2.05, 4.69) is 10.3 Å². The Morgan fingerprint density at radius 1 is 0.972 bits per heavy atom. The van der Waals surface area contributed by atoms with Crippen LogP contribution in [-0.2, 0) is 23.8 Å². The highest BCUT2D eigenvalue weighted by Gasteiger charge is 2.35. The van der Waals surface area contributed by atoms with Crippen LogP contribution in [0, 0.1) is 0 Å². The first-order valence-electron chi connectivity index (χ1n) is 11.5. The topological polar surface area (TPSA) is 104 Å². The largest absolute Gasteiger partial charge is 0.513 e. The van der Waals surface area contributed by atoms with Gasteiger partial charge < -0.3 is 19.5 Å². The van der Waals surface area contributed by atoms with Gasteiger partial charge in [-0.15, -0.1) is 0 Å². The molecule has 1 aromatic heterocycles. The minimum atomic E-state index is -0.923. The molecule has 8 heteroatoms. The smallest absolute Gasteiger partial charge is 0.459 e. The lowest BCUT2D eigenvalue weighted by atomic mass is 9.83. The first kappa shape index (κ1) is 24.7. The Kier molecular flexibility index (Phi) is 7.44. The molecule has 3 aromatic rings. The number of Topliss-reactive ketones (excluding diaryl/α,β-unsaturated/α-hetero) is 1. The summed E-state index contributed by atoms with van der Waals surface area (Å²) in [6.07, 6.45) is 2.42. The lowest BCUT2D eigenvalue weighted by molar-refractivity contribution is -0.140. The Bertz CT molecular complexity index is 1380. The Labute approximate surface area is 208 Å². The van der Waals surface area contributed by atoms with Gasteiger partial charge in [-0.25, -0.2) is 4.79 Å². The van der Waals surface area contributed by atoms with Crippen LogP contribution in [-0.4, -0.2) is 36.1 Å². The number of benzene rings is 2. The first-order valence-corrected chi connectivity index (χ1v) is 11.5. The molecule has 0 spiro atoms. The second-order valence-corrected chi connectivity index (χ2v) is 8.15. The van der Waals surface area contributed by atoms with Gasteiger partial charge in [-0.1, -0.05) is 42.5 Å². The molecule has 2 heterocycles. The highest BCUT2D eigenvalue weighted by molar-refractivity contribution is 5.98. The van der Waals surface area contributed by atoms with E-state index >= 15 is 0 Å². The van der Waals surface area contributed by atoms with E-state index < -0.39 is 18.0 Å². The second-order valence-electron chi connectivity index (χ2n) is 8.15. The van der Waals surface area contributed by atoms with Gasteiger partial charge in [0.05, 0.1) is 23.7 Å².